The SMILES string of the molecule is Cc1cccc(N2CCC(O)(C(=O)O)C2)c1. The van der Waals surface area contributed by atoms with E-state index in [0.29, 0.717) is 6.54 Å². The van der Waals surface area contributed by atoms with Gasteiger partial charge in [-0.1, -0.05) is 12.1 Å². The quantitative estimate of drug-likeness (QED) is 0.782. The topological polar surface area (TPSA) is 60.8 Å². The van der Waals surface area contributed by atoms with Crippen LogP contribution in [-0.4, -0.2) is 34.9 Å². The Morgan fingerprint density at radius 2 is 2.25 bits per heavy atom. The smallest absolute Gasteiger partial charge is 0.337 e. The number of carboxylic acids is 1. The van der Waals surface area contributed by atoms with Gasteiger partial charge in [-0.3, -0.25) is 0 Å². The number of anilines is 1. The molecule has 1 aliphatic heterocycles. The summed E-state index contributed by atoms with van der Waals surface area (Å²) in [6.07, 6.45) is 0.274. The first-order chi connectivity index (χ1) is 7.51. The summed E-state index contributed by atoms with van der Waals surface area (Å²) in [6.45, 7) is 2.72. The predicted octanol–water partition coefficient (Wildman–Crippen LogP) is 1.02. The van der Waals surface area contributed by atoms with Crippen LogP contribution in [-0.2, 0) is 4.79 Å². The number of aryl methyl sites for hydroxylation is 1. The molecule has 2 rings (SSSR count). The molecule has 1 saturated heterocycles. The van der Waals surface area contributed by atoms with Crippen LogP contribution in [0.5, 0.6) is 0 Å². The summed E-state index contributed by atoms with van der Waals surface area (Å²) in [4.78, 5) is 12.8. The Hall–Kier alpha value is -1.55. The second kappa shape index (κ2) is 3.79. The lowest BCUT2D eigenvalue weighted by molar-refractivity contribution is -0.156. The highest BCUT2D eigenvalue weighted by atomic mass is 16.4. The van der Waals surface area contributed by atoms with E-state index < -0.39 is 11.6 Å². The molecule has 0 aromatic heterocycles. The van der Waals surface area contributed by atoms with Gasteiger partial charge in [0.15, 0.2) is 5.60 Å². The van der Waals surface area contributed by atoms with Gasteiger partial charge in [0.05, 0.1) is 6.54 Å². The van der Waals surface area contributed by atoms with Gasteiger partial charge in [0.2, 0.25) is 0 Å². The first-order valence-corrected chi connectivity index (χ1v) is 5.29. The van der Waals surface area contributed by atoms with Gasteiger partial charge < -0.3 is 15.1 Å². The van der Waals surface area contributed by atoms with Gasteiger partial charge in [-0.25, -0.2) is 4.79 Å². The van der Waals surface area contributed by atoms with E-state index in [2.05, 4.69) is 0 Å². The van der Waals surface area contributed by atoms with E-state index in [4.69, 9.17) is 5.11 Å². The van der Waals surface area contributed by atoms with Gasteiger partial charge in [-0.2, -0.15) is 0 Å². The van der Waals surface area contributed by atoms with Crippen LogP contribution in [0, 0.1) is 6.92 Å². The third-order valence-corrected chi connectivity index (χ3v) is 3.01. The van der Waals surface area contributed by atoms with Crippen molar-refractivity contribution in [1.29, 1.82) is 0 Å². The van der Waals surface area contributed by atoms with Gasteiger partial charge in [-0.15, -0.1) is 0 Å². The van der Waals surface area contributed by atoms with Gasteiger partial charge in [0.1, 0.15) is 0 Å². The van der Waals surface area contributed by atoms with Crippen molar-refractivity contribution >= 4 is 11.7 Å². The minimum Gasteiger partial charge on any atom is -0.479 e. The predicted molar refractivity (Wildman–Crippen MR) is 60.6 cm³/mol. The first kappa shape index (κ1) is 11.0. The maximum Gasteiger partial charge on any atom is 0.337 e. The molecule has 0 amide bonds. The lowest BCUT2D eigenvalue weighted by atomic mass is 10.0. The number of β-amino-alcohol motifs (C(OH)–C–C–N with tert-alkyl or cyclic N) is 1. The highest BCUT2D eigenvalue weighted by molar-refractivity contribution is 5.79. The summed E-state index contributed by atoms with van der Waals surface area (Å²) in [5.41, 5.74) is 0.504. The highest BCUT2D eigenvalue weighted by Crippen LogP contribution is 2.27. The second-order valence-corrected chi connectivity index (χ2v) is 4.35. The Balaban J connectivity index is 2.18. The van der Waals surface area contributed by atoms with Crippen molar-refractivity contribution in [2.45, 2.75) is 18.9 Å². The number of hydrogen-bond donors (Lipinski definition) is 2. The van der Waals surface area contributed by atoms with E-state index in [1.807, 2.05) is 36.1 Å². The van der Waals surface area contributed by atoms with Crippen molar-refractivity contribution in [3.05, 3.63) is 29.8 Å². The van der Waals surface area contributed by atoms with Gasteiger partial charge >= 0.3 is 5.97 Å². The van der Waals surface area contributed by atoms with Crippen LogP contribution in [0.4, 0.5) is 5.69 Å². The maximum atomic E-state index is 10.9. The van der Waals surface area contributed by atoms with E-state index in [1.165, 1.54) is 0 Å². The van der Waals surface area contributed by atoms with E-state index in [0.717, 1.165) is 11.3 Å². The number of rotatable bonds is 2. The molecule has 1 fully saturated rings. The molecule has 1 unspecified atom stereocenters. The second-order valence-electron chi connectivity index (χ2n) is 4.35. The van der Waals surface area contributed by atoms with Crippen LogP contribution in [0.3, 0.4) is 0 Å². The van der Waals surface area contributed by atoms with Crippen LogP contribution >= 0.6 is 0 Å². The van der Waals surface area contributed by atoms with Crippen LogP contribution in [0.1, 0.15) is 12.0 Å². The fraction of sp³-hybridized carbons (Fsp3) is 0.417. The Morgan fingerprint density at radius 3 is 2.81 bits per heavy atom. The molecule has 0 saturated carbocycles. The normalized spacial score (nSPS) is 24.8. The Morgan fingerprint density at radius 1 is 1.50 bits per heavy atom. The largest absolute Gasteiger partial charge is 0.479 e. The summed E-state index contributed by atoms with van der Waals surface area (Å²) < 4.78 is 0. The third-order valence-electron chi connectivity index (χ3n) is 3.01. The fourth-order valence-corrected chi connectivity index (χ4v) is 2.01. The molecule has 2 N–H and O–H groups in total. The molecule has 4 heteroatoms. The zero-order valence-electron chi connectivity index (χ0n) is 9.18. The zero-order valence-corrected chi connectivity index (χ0v) is 9.18. The van der Waals surface area contributed by atoms with Crippen molar-refractivity contribution in [2.75, 3.05) is 18.0 Å². The standard InChI is InChI=1S/C12H15NO3/c1-9-3-2-4-10(7-9)13-6-5-12(16,8-13)11(14)15/h2-4,7,16H,5-6,8H2,1H3,(H,14,15). The van der Waals surface area contributed by atoms with Crippen LogP contribution in [0.15, 0.2) is 24.3 Å². The van der Waals surface area contributed by atoms with E-state index in [1.54, 1.807) is 0 Å². The molecular formula is C12H15NO3. The summed E-state index contributed by atoms with van der Waals surface area (Å²) in [5, 5.41) is 18.7. The zero-order chi connectivity index (χ0) is 11.8. The number of carboxylic acid groups (broad SMARTS) is 1. The van der Waals surface area contributed by atoms with Crippen molar-refractivity contribution in [1.82, 2.24) is 0 Å². The number of hydrogen-bond acceptors (Lipinski definition) is 3. The molecule has 1 aliphatic rings. The third kappa shape index (κ3) is 1.88. The van der Waals surface area contributed by atoms with Crippen molar-refractivity contribution < 1.29 is 15.0 Å². The van der Waals surface area contributed by atoms with E-state index in [9.17, 15) is 9.90 Å². The minimum absolute atomic E-state index is 0.159. The van der Waals surface area contributed by atoms with Crippen molar-refractivity contribution in [3.8, 4) is 0 Å². The Labute approximate surface area is 94.1 Å². The maximum absolute atomic E-state index is 10.9. The van der Waals surface area contributed by atoms with Gasteiger partial charge in [0, 0.05) is 18.7 Å². The molecule has 0 aliphatic carbocycles. The van der Waals surface area contributed by atoms with Crippen molar-refractivity contribution in [2.24, 2.45) is 0 Å². The number of carbonyl (C=O) groups is 1. The molecule has 0 bridgehead atoms. The monoisotopic (exact) mass is 221 g/mol. The Kier molecular flexibility index (Phi) is 2.59. The van der Waals surface area contributed by atoms with E-state index >= 15 is 0 Å². The first-order valence-electron chi connectivity index (χ1n) is 5.29. The summed E-state index contributed by atoms with van der Waals surface area (Å²) in [6, 6.07) is 7.85. The molecule has 86 valence electrons. The summed E-state index contributed by atoms with van der Waals surface area (Å²) in [5.74, 6) is -1.14. The van der Waals surface area contributed by atoms with E-state index in [-0.39, 0.29) is 13.0 Å². The average molecular weight is 221 g/mol. The average Bonchev–Trinajstić information content (AvgIpc) is 2.62. The number of aliphatic carboxylic acids is 1. The van der Waals surface area contributed by atoms with Gasteiger partial charge in [0.25, 0.3) is 0 Å². The minimum atomic E-state index is -1.59. The number of benzene rings is 1. The molecular weight excluding hydrogens is 206 g/mol. The summed E-state index contributed by atoms with van der Waals surface area (Å²) >= 11 is 0. The van der Waals surface area contributed by atoms with Gasteiger partial charge in [-0.05, 0) is 24.6 Å². The van der Waals surface area contributed by atoms with Crippen molar-refractivity contribution in [3.63, 3.8) is 0 Å². The molecule has 4 nitrogen and oxygen atoms in total. The molecule has 1 aromatic rings. The number of nitrogens with zero attached hydrogens (tertiary/aromatic N) is 1. The molecule has 1 atom stereocenters. The number of aliphatic hydroxyl groups is 1. The van der Waals surface area contributed by atoms with Crippen LogP contribution < -0.4 is 4.90 Å². The molecule has 16 heavy (non-hydrogen) atoms. The molecule has 1 aromatic carbocycles. The fourth-order valence-electron chi connectivity index (χ4n) is 2.01. The van der Waals surface area contributed by atoms with Crippen LogP contribution in [0.25, 0.3) is 0 Å². The lowest BCUT2D eigenvalue weighted by Crippen LogP contribution is -2.41. The van der Waals surface area contributed by atoms with Crippen LogP contribution in [0.2, 0.25) is 0 Å². The highest BCUT2D eigenvalue weighted by Gasteiger charge is 2.43. The Bertz CT molecular complexity index is 418. The lowest BCUT2D eigenvalue weighted by Gasteiger charge is -2.21. The molecule has 1 heterocycles. The summed E-state index contributed by atoms with van der Waals surface area (Å²) in [7, 11) is 0. The molecule has 0 spiro atoms. The molecule has 0 radical (unpaired) electrons.